The maximum Gasteiger partial charge on any atom is 0.231 e. The van der Waals surface area contributed by atoms with E-state index in [0.29, 0.717) is 42.0 Å². The Kier molecular flexibility index (Phi) is 7.55. The second-order valence-corrected chi connectivity index (χ2v) is 12.2. The van der Waals surface area contributed by atoms with Crippen LogP contribution in [-0.2, 0) is 11.2 Å². The lowest BCUT2D eigenvalue weighted by Crippen LogP contribution is -2.52. The van der Waals surface area contributed by atoms with Crippen LogP contribution < -0.4 is 10.2 Å². The number of aryl methyl sites for hydroxylation is 1. The molecule has 1 N–H and O–H groups in total. The van der Waals surface area contributed by atoms with E-state index >= 15 is 0 Å². The maximum atomic E-state index is 13.9. The lowest BCUT2D eigenvalue weighted by atomic mass is 9.75. The highest BCUT2D eigenvalue weighted by atomic mass is 35.5. The Labute approximate surface area is 220 Å². The van der Waals surface area contributed by atoms with Gasteiger partial charge >= 0.3 is 0 Å². The third-order valence-electron chi connectivity index (χ3n) is 8.53. The van der Waals surface area contributed by atoms with Crippen molar-refractivity contribution in [1.82, 2.24) is 20.2 Å². The molecule has 1 saturated heterocycles. The van der Waals surface area contributed by atoms with Gasteiger partial charge < -0.3 is 15.1 Å². The number of benzene rings is 1. The number of nitrogens with one attached hydrogen (secondary N) is 1. The fraction of sp³-hybridized carbons (Fsp3) is 0.621. The van der Waals surface area contributed by atoms with Crippen LogP contribution in [0.2, 0.25) is 5.02 Å². The van der Waals surface area contributed by atoms with Crippen molar-refractivity contribution in [1.29, 1.82) is 0 Å². The third kappa shape index (κ3) is 5.55. The fourth-order valence-corrected chi connectivity index (χ4v) is 6.56. The van der Waals surface area contributed by atoms with Gasteiger partial charge in [-0.15, -0.1) is 0 Å². The number of aromatic nitrogens is 2. The summed E-state index contributed by atoms with van der Waals surface area (Å²) >= 11 is 6.17. The topological polar surface area (TPSA) is 61.4 Å². The number of anilines is 1. The van der Waals surface area contributed by atoms with E-state index in [-0.39, 0.29) is 11.8 Å². The van der Waals surface area contributed by atoms with Crippen molar-refractivity contribution >= 4 is 23.3 Å². The molecular weight excluding hydrogens is 470 g/mol. The van der Waals surface area contributed by atoms with E-state index in [4.69, 9.17) is 11.6 Å². The number of carbonyl (C=O) groups excluding carboxylic acids is 1. The summed E-state index contributed by atoms with van der Waals surface area (Å²) in [5.41, 5.74) is 3.92. The van der Waals surface area contributed by atoms with Gasteiger partial charge in [0.05, 0.1) is 5.92 Å². The number of halogens is 1. The highest BCUT2D eigenvalue weighted by Gasteiger charge is 2.33. The van der Waals surface area contributed by atoms with E-state index < -0.39 is 0 Å². The predicted molar refractivity (Wildman–Crippen MR) is 146 cm³/mol. The lowest BCUT2D eigenvalue weighted by molar-refractivity contribution is -0.133. The average Bonchev–Trinajstić information content (AvgIpc) is 3.25. The zero-order valence-electron chi connectivity index (χ0n) is 22.0. The van der Waals surface area contributed by atoms with Crippen molar-refractivity contribution in [2.75, 3.05) is 37.6 Å². The van der Waals surface area contributed by atoms with Crippen LogP contribution in [0.1, 0.15) is 81.5 Å². The smallest absolute Gasteiger partial charge is 0.231 e. The summed E-state index contributed by atoms with van der Waals surface area (Å²) in [6.45, 7) is 10.7. The first-order chi connectivity index (χ1) is 17.3. The highest BCUT2D eigenvalue weighted by Crippen LogP contribution is 2.38. The molecule has 2 aliphatic carbocycles. The number of rotatable bonds is 6. The van der Waals surface area contributed by atoms with Crippen molar-refractivity contribution < 1.29 is 4.79 Å². The van der Waals surface area contributed by atoms with Gasteiger partial charge in [-0.3, -0.25) is 4.79 Å². The molecule has 1 amide bonds. The van der Waals surface area contributed by atoms with Gasteiger partial charge in [0.15, 0.2) is 0 Å². The largest absolute Gasteiger partial charge is 0.353 e. The summed E-state index contributed by atoms with van der Waals surface area (Å²) in [5, 5.41) is 4.47. The molecule has 0 spiro atoms. The number of fused-ring (bicyclic) bond motifs is 1. The molecule has 1 aromatic heterocycles. The summed E-state index contributed by atoms with van der Waals surface area (Å²) < 4.78 is 0. The molecule has 2 fully saturated rings. The summed E-state index contributed by atoms with van der Waals surface area (Å²) in [4.78, 5) is 27.5. The molecule has 194 valence electrons. The van der Waals surface area contributed by atoms with Crippen molar-refractivity contribution in [3.63, 3.8) is 0 Å². The molecule has 0 radical (unpaired) electrons. The first-order valence-electron chi connectivity index (χ1n) is 13.7. The Hall–Kier alpha value is -2.18. The van der Waals surface area contributed by atoms with Gasteiger partial charge in [0.2, 0.25) is 5.91 Å². The Morgan fingerprint density at radius 1 is 1.14 bits per heavy atom. The molecule has 2 heterocycles. The van der Waals surface area contributed by atoms with Gasteiger partial charge in [-0.25, -0.2) is 9.97 Å². The van der Waals surface area contributed by atoms with E-state index in [1.54, 1.807) is 6.33 Å². The van der Waals surface area contributed by atoms with E-state index in [9.17, 15) is 4.79 Å². The van der Waals surface area contributed by atoms with E-state index in [1.165, 1.54) is 30.5 Å². The first-order valence-corrected chi connectivity index (χ1v) is 14.0. The molecule has 2 aromatic rings. The Morgan fingerprint density at radius 2 is 1.89 bits per heavy atom. The van der Waals surface area contributed by atoms with Crippen molar-refractivity contribution in [2.24, 2.45) is 5.41 Å². The molecule has 6 nitrogen and oxygen atoms in total. The Morgan fingerprint density at radius 3 is 2.61 bits per heavy atom. The molecule has 0 bridgehead atoms. The molecule has 5 rings (SSSR count). The quantitative estimate of drug-likeness (QED) is 0.582. The minimum Gasteiger partial charge on any atom is -0.353 e. The van der Waals surface area contributed by atoms with Gasteiger partial charge in [0, 0.05) is 55.0 Å². The number of hydrogen-bond acceptors (Lipinski definition) is 5. The van der Waals surface area contributed by atoms with Crippen LogP contribution in [0.3, 0.4) is 0 Å². The monoisotopic (exact) mass is 509 g/mol. The molecule has 3 aliphatic rings. The maximum absolute atomic E-state index is 13.9. The lowest BCUT2D eigenvalue weighted by Gasteiger charge is -2.39. The SMILES string of the molecule is C[C@@H]1CCc2ncnc(N3CCN(C(=O)C(CNC4CCCC(C)(C)C4)c4ccc(Cl)cc4)CC3)c21. The minimum absolute atomic E-state index is 0.206. The number of carbonyl (C=O) groups is 1. The van der Waals surface area contributed by atoms with Gasteiger partial charge in [-0.1, -0.05) is 50.9 Å². The number of hydrogen-bond donors (Lipinski definition) is 1. The van der Waals surface area contributed by atoms with Crippen LogP contribution in [0.15, 0.2) is 30.6 Å². The summed E-state index contributed by atoms with van der Waals surface area (Å²) in [6, 6.07) is 8.29. The Balaban J connectivity index is 1.27. The first kappa shape index (κ1) is 25.5. The number of piperazine rings is 1. The number of nitrogens with zero attached hydrogens (tertiary/aromatic N) is 4. The van der Waals surface area contributed by atoms with Gasteiger partial charge in [-0.05, 0) is 61.1 Å². The molecule has 2 unspecified atom stereocenters. The molecule has 7 heteroatoms. The zero-order chi connectivity index (χ0) is 25.3. The second-order valence-electron chi connectivity index (χ2n) is 11.8. The van der Waals surface area contributed by atoms with Crippen molar-refractivity contribution in [3.8, 4) is 0 Å². The normalized spacial score (nSPS) is 24.4. The molecule has 3 atom stereocenters. The van der Waals surface area contributed by atoms with Gasteiger partial charge in [0.25, 0.3) is 0 Å². The zero-order valence-corrected chi connectivity index (χ0v) is 22.7. The van der Waals surface area contributed by atoms with Gasteiger partial charge in [0.1, 0.15) is 12.1 Å². The predicted octanol–water partition coefficient (Wildman–Crippen LogP) is 5.17. The van der Waals surface area contributed by atoms with E-state index in [0.717, 1.165) is 43.7 Å². The van der Waals surface area contributed by atoms with Gasteiger partial charge in [-0.2, -0.15) is 0 Å². The standard InChI is InChI=1S/C29H40ClN5O/c1-20-6-11-25-26(20)27(33-19-32-25)34-13-15-35(16-14-34)28(36)24(21-7-9-22(30)10-8-21)18-31-23-5-4-12-29(2,3)17-23/h7-10,19-20,23-24,31H,4-6,11-18H2,1-3H3/t20-,23?,24?/m1/s1. The molecular formula is C29H40ClN5O. The van der Waals surface area contributed by atoms with Crippen LogP contribution in [0.4, 0.5) is 5.82 Å². The molecule has 36 heavy (non-hydrogen) atoms. The minimum atomic E-state index is -0.206. The fourth-order valence-electron chi connectivity index (χ4n) is 6.43. The van der Waals surface area contributed by atoms with Crippen LogP contribution >= 0.6 is 11.6 Å². The summed E-state index contributed by atoms with van der Waals surface area (Å²) in [7, 11) is 0. The van der Waals surface area contributed by atoms with Crippen LogP contribution in [0.25, 0.3) is 0 Å². The highest BCUT2D eigenvalue weighted by molar-refractivity contribution is 6.30. The van der Waals surface area contributed by atoms with Crippen LogP contribution in [-0.4, -0.2) is 59.5 Å². The summed E-state index contributed by atoms with van der Waals surface area (Å²) in [5.74, 6) is 1.58. The third-order valence-corrected chi connectivity index (χ3v) is 8.78. The van der Waals surface area contributed by atoms with Crippen molar-refractivity contribution in [3.05, 3.63) is 52.4 Å². The van der Waals surface area contributed by atoms with E-state index in [2.05, 4.69) is 41.0 Å². The average molecular weight is 510 g/mol. The summed E-state index contributed by atoms with van der Waals surface area (Å²) in [6.07, 6.45) is 8.77. The molecule has 1 saturated carbocycles. The van der Waals surface area contributed by atoms with Crippen LogP contribution in [0.5, 0.6) is 0 Å². The van der Waals surface area contributed by atoms with Crippen LogP contribution in [0, 0.1) is 5.41 Å². The number of amides is 1. The Bertz CT molecular complexity index is 1060. The molecule has 1 aromatic carbocycles. The molecule has 1 aliphatic heterocycles. The van der Waals surface area contributed by atoms with Crippen molar-refractivity contribution in [2.45, 2.75) is 77.2 Å². The second kappa shape index (κ2) is 10.7. The van der Waals surface area contributed by atoms with E-state index in [1.807, 2.05) is 29.2 Å².